The third-order valence-electron chi connectivity index (χ3n) is 4.82. The molecule has 0 radical (unpaired) electrons. The quantitative estimate of drug-likeness (QED) is 0.787. The summed E-state index contributed by atoms with van der Waals surface area (Å²) in [7, 11) is -0.224. The van der Waals surface area contributed by atoms with Crippen LogP contribution in [-0.4, -0.2) is 74.1 Å². The van der Waals surface area contributed by atoms with E-state index in [2.05, 4.69) is 4.90 Å². The number of sulfonamides is 1. The highest BCUT2D eigenvalue weighted by Gasteiger charge is 2.42. The molecule has 8 heteroatoms. The molecule has 0 spiro atoms. The van der Waals surface area contributed by atoms with Crippen molar-refractivity contribution in [3.8, 4) is 0 Å². The van der Waals surface area contributed by atoms with Crippen LogP contribution in [0.3, 0.4) is 0 Å². The monoisotopic (exact) mass is 351 g/mol. The standard InChI is InChI=1S/C16H21N3O4S/c1-17-9-7-12(8-10-17)18(2)15(20)11-19-16(21)13-5-3-4-6-14(13)24(19,22)23/h3-6,12H,7-11H2,1-2H3. The van der Waals surface area contributed by atoms with Gasteiger partial charge in [0, 0.05) is 13.1 Å². The lowest BCUT2D eigenvalue weighted by Crippen LogP contribution is -2.48. The lowest BCUT2D eigenvalue weighted by atomic mass is 10.0. The molecule has 0 bridgehead atoms. The third-order valence-corrected chi connectivity index (χ3v) is 6.61. The van der Waals surface area contributed by atoms with Gasteiger partial charge in [-0.3, -0.25) is 9.59 Å². The van der Waals surface area contributed by atoms with Crippen LogP contribution in [0.5, 0.6) is 0 Å². The van der Waals surface area contributed by atoms with Crippen LogP contribution in [0.4, 0.5) is 0 Å². The van der Waals surface area contributed by atoms with E-state index >= 15 is 0 Å². The van der Waals surface area contributed by atoms with E-state index < -0.39 is 22.5 Å². The molecule has 1 fully saturated rings. The zero-order valence-electron chi connectivity index (χ0n) is 13.8. The summed E-state index contributed by atoms with van der Waals surface area (Å²) in [4.78, 5) is 28.6. The maximum Gasteiger partial charge on any atom is 0.269 e. The Morgan fingerprint density at radius 1 is 1.25 bits per heavy atom. The van der Waals surface area contributed by atoms with Crippen molar-refractivity contribution in [1.82, 2.24) is 14.1 Å². The summed E-state index contributed by atoms with van der Waals surface area (Å²) in [5, 5.41) is 0. The van der Waals surface area contributed by atoms with Gasteiger partial charge in [-0.05, 0) is 45.1 Å². The van der Waals surface area contributed by atoms with Gasteiger partial charge in [0.2, 0.25) is 5.91 Å². The lowest BCUT2D eigenvalue weighted by Gasteiger charge is -2.35. The molecule has 7 nitrogen and oxygen atoms in total. The van der Waals surface area contributed by atoms with Gasteiger partial charge in [-0.15, -0.1) is 0 Å². The van der Waals surface area contributed by atoms with E-state index in [1.54, 1.807) is 24.1 Å². The summed E-state index contributed by atoms with van der Waals surface area (Å²) in [5.41, 5.74) is 0.132. The van der Waals surface area contributed by atoms with Crippen molar-refractivity contribution in [1.29, 1.82) is 0 Å². The molecule has 0 N–H and O–H groups in total. The number of benzene rings is 1. The van der Waals surface area contributed by atoms with Gasteiger partial charge in [-0.25, -0.2) is 12.7 Å². The molecule has 24 heavy (non-hydrogen) atoms. The van der Waals surface area contributed by atoms with E-state index in [0.29, 0.717) is 4.31 Å². The Hall–Kier alpha value is -1.93. The van der Waals surface area contributed by atoms with Crippen molar-refractivity contribution >= 4 is 21.8 Å². The molecular formula is C16H21N3O4S. The normalized spacial score (nSPS) is 20.9. The largest absolute Gasteiger partial charge is 0.341 e. The first-order chi connectivity index (χ1) is 11.3. The van der Waals surface area contributed by atoms with Crippen LogP contribution < -0.4 is 0 Å². The fourth-order valence-corrected chi connectivity index (χ4v) is 4.73. The second kappa shape index (κ2) is 6.18. The van der Waals surface area contributed by atoms with E-state index in [1.807, 2.05) is 7.05 Å². The maximum absolute atomic E-state index is 12.5. The second-order valence-corrected chi connectivity index (χ2v) is 8.18. The van der Waals surface area contributed by atoms with E-state index in [-0.39, 0.29) is 22.4 Å². The fourth-order valence-electron chi connectivity index (χ4n) is 3.21. The van der Waals surface area contributed by atoms with E-state index in [4.69, 9.17) is 0 Å². The Bertz CT molecular complexity index is 769. The van der Waals surface area contributed by atoms with E-state index in [9.17, 15) is 18.0 Å². The first-order valence-electron chi connectivity index (χ1n) is 7.92. The minimum atomic E-state index is -3.94. The first-order valence-corrected chi connectivity index (χ1v) is 9.36. The molecule has 0 unspecified atom stereocenters. The number of carbonyl (C=O) groups excluding carboxylic acids is 2. The van der Waals surface area contributed by atoms with Gasteiger partial charge in [-0.1, -0.05) is 12.1 Å². The fraction of sp³-hybridized carbons (Fsp3) is 0.500. The molecule has 0 aliphatic carbocycles. The zero-order chi connectivity index (χ0) is 17.5. The number of rotatable bonds is 3. The Labute approximate surface area is 141 Å². The lowest BCUT2D eigenvalue weighted by molar-refractivity contribution is -0.132. The van der Waals surface area contributed by atoms with Crippen molar-refractivity contribution in [2.45, 2.75) is 23.8 Å². The van der Waals surface area contributed by atoms with Crippen LogP contribution in [0.25, 0.3) is 0 Å². The Kier molecular flexibility index (Phi) is 4.35. The minimum absolute atomic E-state index is 0.0234. The predicted octanol–water partition coefficient (Wildman–Crippen LogP) is 0.384. The highest BCUT2D eigenvalue weighted by Crippen LogP contribution is 2.29. The molecule has 1 saturated heterocycles. The summed E-state index contributed by atoms with van der Waals surface area (Å²) in [6.07, 6.45) is 1.69. The van der Waals surface area contributed by atoms with Crippen molar-refractivity contribution in [2.24, 2.45) is 0 Å². The average Bonchev–Trinajstić information content (AvgIpc) is 2.76. The Balaban J connectivity index is 1.74. The molecule has 2 aliphatic rings. The minimum Gasteiger partial charge on any atom is -0.341 e. The SMILES string of the molecule is CN1CCC(N(C)C(=O)CN2C(=O)c3ccccc3S2(=O)=O)CC1. The van der Waals surface area contributed by atoms with E-state index in [0.717, 1.165) is 25.9 Å². The highest BCUT2D eigenvalue weighted by molar-refractivity contribution is 7.90. The number of likely N-dealkylation sites (tertiary alicyclic amines) is 1. The number of nitrogens with zero attached hydrogens (tertiary/aromatic N) is 3. The van der Waals surface area contributed by atoms with Crippen LogP contribution in [-0.2, 0) is 14.8 Å². The second-order valence-electron chi connectivity index (χ2n) is 6.35. The summed E-state index contributed by atoms with van der Waals surface area (Å²) in [6, 6.07) is 6.13. The number of hydrogen-bond acceptors (Lipinski definition) is 5. The molecule has 0 saturated carbocycles. The highest BCUT2D eigenvalue weighted by atomic mass is 32.2. The Morgan fingerprint density at radius 2 is 1.88 bits per heavy atom. The number of fused-ring (bicyclic) bond motifs is 1. The third kappa shape index (κ3) is 2.80. The van der Waals surface area contributed by atoms with Gasteiger partial charge in [-0.2, -0.15) is 0 Å². The molecule has 1 aromatic carbocycles. The van der Waals surface area contributed by atoms with Gasteiger partial charge in [0.05, 0.1) is 5.56 Å². The summed E-state index contributed by atoms with van der Waals surface area (Å²) in [5.74, 6) is -0.981. The number of hydrogen-bond donors (Lipinski definition) is 0. The first kappa shape index (κ1) is 16.9. The summed E-state index contributed by atoms with van der Waals surface area (Å²) >= 11 is 0. The smallest absolute Gasteiger partial charge is 0.269 e. The van der Waals surface area contributed by atoms with Crippen LogP contribution in [0, 0.1) is 0 Å². The van der Waals surface area contributed by atoms with Crippen molar-refractivity contribution in [3.63, 3.8) is 0 Å². The van der Waals surface area contributed by atoms with Crippen LogP contribution in [0.2, 0.25) is 0 Å². The summed E-state index contributed by atoms with van der Waals surface area (Å²) in [6.45, 7) is 1.35. The van der Waals surface area contributed by atoms with Gasteiger partial charge < -0.3 is 9.80 Å². The molecule has 0 atom stereocenters. The molecule has 2 amide bonds. The van der Waals surface area contributed by atoms with Crippen molar-refractivity contribution in [3.05, 3.63) is 29.8 Å². The molecule has 3 rings (SSSR count). The van der Waals surface area contributed by atoms with Crippen molar-refractivity contribution in [2.75, 3.05) is 33.7 Å². The molecular weight excluding hydrogens is 330 g/mol. The zero-order valence-corrected chi connectivity index (χ0v) is 14.6. The van der Waals surface area contributed by atoms with E-state index in [1.165, 1.54) is 12.1 Å². The molecule has 2 heterocycles. The van der Waals surface area contributed by atoms with Gasteiger partial charge >= 0.3 is 0 Å². The van der Waals surface area contributed by atoms with Crippen LogP contribution in [0.15, 0.2) is 29.2 Å². The molecule has 0 aromatic heterocycles. The summed E-state index contributed by atoms with van der Waals surface area (Å²) < 4.78 is 25.7. The predicted molar refractivity (Wildman–Crippen MR) is 88.0 cm³/mol. The molecule has 2 aliphatic heterocycles. The maximum atomic E-state index is 12.5. The van der Waals surface area contributed by atoms with Gasteiger partial charge in [0.1, 0.15) is 11.4 Å². The van der Waals surface area contributed by atoms with Gasteiger partial charge in [0.25, 0.3) is 15.9 Å². The van der Waals surface area contributed by atoms with Crippen LogP contribution in [0.1, 0.15) is 23.2 Å². The number of carbonyl (C=O) groups is 2. The van der Waals surface area contributed by atoms with Crippen LogP contribution >= 0.6 is 0 Å². The Morgan fingerprint density at radius 3 is 2.50 bits per heavy atom. The molecule has 1 aromatic rings. The van der Waals surface area contributed by atoms with Crippen molar-refractivity contribution < 1.29 is 18.0 Å². The number of piperidine rings is 1. The molecule has 130 valence electrons. The van der Waals surface area contributed by atoms with Gasteiger partial charge in [0.15, 0.2) is 0 Å². The average molecular weight is 351 g/mol. The number of likely N-dealkylation sites (N-methyl/N-ethyl adjacent to an activating group) is 1. The topological polar surface area (TPSA) is 78.0 Å². The number of amides is 2.